The summed E-state index contributed by atoms with van der Waals surface area (Å²) in [4.78, 5) is 16.5. The van der Waals surface area contributed by atoms with Gasteiger partial charge < -0.3 is 10.5 Å². The van der Waals surface area contributed by atoms with Crippen molar-refractivity contribution in [2.45, 2.75) is 55.6 Å². The van der Waals surface area contributed by atoms with Crippen LogP contribution in [0.1, 0.15) is 44.1 Å². The Kier molecular flexibility index (Phi) is 7.67. The average Bonchev–Trinajstić information content (AvgIpc) is 2.87. The summed E-state index contributed by atoms with van der Waals surface area (Å²) in [6.07, 6.45) is -3.03. The topological polar surface area (TPSA) is 111 Å². The smallest absolute Gasteiger partial charge is 0.422 e. The van der Waals surface area contributed by atoms with Crippen LogP contribution in [-0.2, 0) is 14.8 Å². The Labute approximate surface area is 217 Å². The Hall–Kier alpha value is -3.25. The van der Waals surface area contributed by atoms with E-state index in [1.165, 1.54) is 42.5 Å². The van der Waals surface area contributed by atoms with Crippen molar-refractivity contribution in [3.63, 3.8) is 0 Å². The molecular weight excluding hydrogens is 526 g/mol. The second-order valence-corrected chi connectivity index (χ2v) is 11.3. The van der Waals surface area contributed by atoms with Crippen LogP contribution in [-0.4, -0.2) is 38.1 Å². The molecule has 1 heterocycles. The van der Waals surface area contributed by atoms with Gasteiger partial charge in [0, 0.05) is 17.5 Å². The number of sulfonamides is 1. The first-order valence-electron chi connectivity index (χ1n) is 12.0. The van der Waals surface area contributed by atoms with Crippen molar-refractivity contribution in [1.82, 2.24) is 9.71 Å². The molecule has 4 rings (SSSR count). The van der Waals surface area contributed by atoms with Gasteiger partial charge in [-0.2, -0.15) is 13.2 Å². The summed E-state index contributed by atoms with van der Waals surface area (Å²) in [5.41, 5.74) is 5.99. The van der Waals surface area contributed by atoms with Crippen LogP contribution in [0.15, 0.2) is 59.5 Å². The number of nitrogens with zero attached hydrogens (tertiary/aromatic N) is 1. The third-order valence-corrected chi connectivity index (χ3v) is 8.74. The Balaban J connectivity index is 1.45. The quantitative estimate of drug-likeness (QED) is 0.389. The lowest BCUT2D eigenvalue weighted by Crippen LogP contribution is -2.48. The number of pyridine rings is 1. The highest BCUT2D eigenvalue weighted by Gasteiger charge is 2.45. The molecule has 0 unspecified atom stereocenters. The van der Waals surface area contributed by atoms with Crippen molar-refractivity contribution in [3.8, 4) is 5.88 Å². The number of ether oxygens (including phenoxy) is 1. The number of nitrogens with one attached hydrogen (secondary N) is 1. The van der Waals surface area contributed by atoms with Crippen molar-refractivity contribution >= 4 is 26.8 Å². The second-order valence-electron chi connectivity index (χ2n) is 9.60. The van der Waals surface area contributed by atoms with E-state index in [0.717, 1.165) is 5.56 Å². The number of carbonyl (C=O) groups is 1. The van der Waals surface area contributed by atoms with E-state index in [9.17, 15) is 30.8 Å². The highest BCUT2D eigenvalue weighted by Crippen LogP contribution is 2.47. The molecule has 7 nitrogen and oxygen atoms in total. The predicted octanol–water partition coefficient (Wildman–Crippen LogP) is 4.81. The van der Waals surface area contributed by atoms with Crippen LogP contribution >= 0.6 is 0 Å². The van der Waals surface area contributed by atoms with Gasteiger partial charge in [-0.3, -0.25) is 4.79 Å². The van der Waals surface area contributed by atoms with Crippen molar-refractivity contribution in [1.29, 1.82) is 0 Å². The molecule has 1 aliphatic rings. The van der Waals surface area contributed by atoms with Gasteiger partial charge >= 0.3 is 6.18 Å². The molecule has 0 spiro atoms. The van der Waals surface area contributed by atoms with Gasteiger partial charge in [0.1, 0.15) is 5.82 Å². The average molecular weight is 554 g/mol. The molecule has 0 aliphatic heterocycles. The van der Waals surface area contributed by atoms with Gasteiger partial charge in [0.05, 0.1) is 15.8 Å². The summed E-state index contributed by atoms with van der Waals surface area (Å²) in [5.74, 6) is -1.36. The number of benzene rings is 2. The van der Waals surface area contributed by atoms with Gasteiger partial charge in [-0.25, -0.2) is 22.5 Å². The molecule has 1 amide bonds. The highest BCUT2D eigenvalue weighted by atomic mass is 32.2. The zero-order valence-corrected chi connectivity index (χ0v) is 21.3. The molecule has 3 aromatic rings. The molecule has 12 heteroatoms. The maximum atomic E-state index is 13.4. The SMILES string of the molecule is C[C@H](c1ccc(F)cc1)C1(C(N)=O)CCC(NS(=O)(=O)c2ccc3nc(OCC(F)(F)F)ccc3c2)CC1. The van der Waals surface area contributed by atoms with Gasteiger partial charge in [0.25, 0.3) is 0 Å². The molecule has 1 aliphatic carbocycles. The second kappa shape index (κ2) is 10.5. The van der Waals surface area contributed by atoms with Gasteiger partial charge in [-0.05, 0) is 73.6 Å². The minimum Gasteiger partial charge on any atom is -0.468 e. The zero-order valence-electron chi connectivity index (χ0n) is 20.5. The standard InChI is InChI=1S/C26H27F4N3O4S/c1-16(17-2-5-19(27)6-3-17)25(24(31)34)12-10-20(11-13-25)33-38(35,36)21-7-8-22-18(14-21)4-9-23(32-22)37-15-26(28,29)30/h2-9,14,16,20,33H,10-13,15H2,1H3,(H2,31,34)/t16-,20?,25?/m1/s1. The maximum Gasteiger partial charge on any atom is 0.422 e. The van der Waals surface area contributed by atoms with Gasteiger partial charge in [-0.15, -0.1) is 0 Å². The number of nitrogens with two attached hydrogens (primary N) is 1. The van der Waals surface area contributed by atoms with Crippen LogP contribution in [0.25, 0.3) is 10.9 Å². The fourth-order valence-electron chi connectivity index (χ4n) is 4.99. The Morgan fingerprint density at radius 2 is 1.79 bits per heavy atom. The highest BCUT2D eigenvalue weighted by molar-refractivity contribution is 7.89. The minimum absolute atomic E-state index is 0.0258. The number of aromatic nitrogens is 1. The van der Waals surface area contributed by atoms with E-state index < -0.39 is 40.2 Å². The molecule has 3 N–H and O–H groups in total. The summed E-state index contributed by atoms with van der Waals surface area (Å²) >= 11 is 0. The normalized spacial score (nSPS) is 21.2. The molecule has 0 bridgehead atoms. The van der Waals surface area contributed by atoms with Crippen molar-refractivity contribution in [3.05, 3.63) is 66.0 Å². The van der Waals surface area contributed by atoms with E-state index in [4.69, 9.17) is 5.73 Å². The number of hydrogen-bond donors (Lipinski definition) is 2. The van der Waals surface area contributed by atoms with Gasteiger partial charge in [0.2, 0.25) is 21.8 Å². The van der Waals surface area contributed by atoms with E-state index in [-0.39, 0.29) is 28.0 Å². The van der Waals surface area contributed by atoms with E-state index >= 15 is 0 Å². The fourth-order valence-corrected chi connectivity index (χ4v) is 6.33. The maximum absolute atomic E-state index is 13.4. The first-order chi connectivity index (χ1) is 17.8. The van der Waals surface area contributed by atoms with Crippen molar-refractivity contribution < 1.29 is 35.5 Å². The molecule has 1 aromatic heterocycles. The number of rotatable bonds is 8. The third kappa shape index (κ3) is 6.07. The van der Waals surface area contributed by atoms with Gasteiger partial charge in [0.15, 0.2) is 6.61 Å². The van der Waals surface area contributed by atoms with E-state index in [1.807, 2.05) is 6.92 Å². The van der Waals surface area contributed by atoms with Gasteiger partial charge in [-0.1, -0.05) is 19.1 Å². The Morgan fingerprint density at radius 3 is 2.39 bits per heavy atom. The Morgan fingerprint density at radius 1 is 1.13 bits per heavy atom. The number of fused-ring (bicyclic) bond motifs is 1. The van der Waals surface area contributed by atoms with Crippen LogP contribution in [0.4, 0.5) is 17.6 Å². The van der Waals surface area contributed by atoms with E-state index in [0.29, 0.717) is 31.1 Å². The zero-order chi connectivity index (χ0) is 27.7. The molecular formula is C26H27F4N3O4S. The summed E-state index contributed by atoms with van der Waals surface area (Å²) in [7, 11) is -3.94. The Bertz CT molecular complexity index is 1420. The molecule has 1 fully saturated rings. The first-order valence-corrected chi connectivity index (χ1v) is 13.5. The van der Waals surface area contributed by atoms with Crippen LogP contribution < -0.4 is 15.2 Å². The summed E-state index contributed by atoms with van der Waals surface area (Å²) in [6, 6.07) is 12.2. The van der Waals surface area contributed by atoms with E-state index in [2.05, 4.69) is 14.4 Å². The van der Waals surface area contributed by atoms with Crippen molar-refractivity contribution in [2.75, 3.05) is 6.61 Å². The number of hydrogen-bond acceptors (Lipinski definition) is 5. The monoisotopic (exact) mass is 553 g/mol. The number of halogens is 4. The predicted molar refractivity (Wildman–Crippen MR) is 132 cm³/mol. The molecule has 0 radical (unpaired) electrons. The lowest BCUT2D eigenvalue weighted by molar-refractivity contribution is -0.154. The number of primary amides is 1. The molecule has 1 atom stereocenters. The lowest BCUT2D eigenvalue weighted by Gasteiger charge is -2.42. The first kappa shape index (κ1) is 27.8. The summed E-state index contributed by atoms with van der Waals surface area (Å²) < 4.78 is 84.0. The largest absolute Gasteiger partial charge is 0.468 e. The molecule has 2 aromatic carbocycles. The number of amides is 1. The lowest BCUT2D eigenvalue weighted by atomic mass is 9.63. The minimum atomic E-state index is -4.50. The fraction of sp³-hybridized carbons (Fsp3) is 0.385. The van der Waals surface area contributed by atoms with Crippen LogP contribution in [0, 0.1) is 11.2 Å². The van der Waals surface area contributed by atoms with Crippen LogP contribution in [0.2, 0.25) is 0 Å². The molecule has 1 saturated carbocycles. The number of alkyl halides is 3. The van der Waals surface area contributed by atoms with Crippen molar-refractivity contribution in [2.24, 2.45) is 11.1 Å². The molecule has 204 valence electrons. The summed E-state index contributed by atoms with van der Waals surface area (Å²) in [6.45, 7) is 0.383. The third-order valence-electron chi connectivity index (χ3n) is 7.22. The summed E-state index contributed by atoms with van der Waals surface area (Å²) in [5, 5.41) is 0.414. The number of carbonyl (C=O) groups excluding carboxylic acids is 1. The van der Waals surface area contributed by atoms with E-state index in [1.54, 1.807) is 12.1 Å². The van der Waals surface area contributed by atoms with Crippen LogP contribution in [0.5, 0.6) is 5.88 Å². The molecule has 38 heavy (non-hydrogen) atoms. The van der Waals surface area contributed by atoms with Crippen LogP contribution in [0.3, 0.4) is 0 Å². The molecule has 0 saturated heterocycles.